The van der Waals surface area contributed by atoms with Crippen molar-refractivity contribution in [3.63, 3.8) is 0 Å². The summed E-state index contributed by atoms with van der Waals surface area (Å²) in [6.45, 7) is 19.0. The van der Waals surface area contributed by atoms with Gasteiger partial charge in [-0.25, -0.2) is 0 Å². The Morgan fingerprint density at radius 1 is 0.893 bits per heavy atom. The molecule has 28 heavy (non-hydrogen) atoms. The fraction of sp³-hybridized carbons (Fsp3) is 1.00. The Bertz CT molecular complexity index is 535. The first-order chi connectivity index (χ1) is 13.0. The first kappa shape index (κ1) is 23.0. The highest BCUT2D eigenvalue weighted by atomic mass is 28.5. The van der Waals surface area contributed by atoms with Crippen LogP contribution < -0.4 is 0 Å². The standard InChI is InChI=1S/C20H39BO5Si2/c1-13(2)27(14(3)4)23-12-17-18(20(19(21)24-17)10-9-11-22-20)25-28(26-27,15(5)6)16(7)8/h13-19H,9-12H2,1-8H3/t17?,18-,19?,20+/m1/s1. The number of ether oxygens (including phenoxy) is 2. The summed E-state index contributed by atoms with van der Waals surface area (Å²) in [4.78, 5) is 0. The van der Waals surface area contributed by atoms with E-state index in [9.17, 15) is 0 Å². The van der Waals surface area contributed by atoms with Crippen LogP contribution in [0.1, 0.15) is 68.2 Å². The zero-order valence-electron chi connectivity index (χ0n) is 19.0. The number of rotatable bonds is 4. The van der Waals surface area contributed by atoms with Crippen molar-refractivity contribution in [3.8, 4) is 0 Å². The summed E-state index contributed by atoms with van der Waals surface area (Å²) in [5, 5.41) is 0. The molecule has 3 rings (SSSR count). The summed E-state index contributed by atoms with van der Waals surface area (Å²) in [6, 6.07) is -0.480. The van der Waals surface area contributed by atoms with E-state index >= 15 is 0 Å². The summed E-state index contributed by atoms with van der Waals surface area (Å²) in [7, 11) is 1.26. The molecule has 8 heteroatoms. The minimum atomic E-state index is -2.67. The van der Waals surface area contributed by atoms with Gasteiger partial charge < -0.3 is 22.4 Å². The normalized spacial score (nSPS) is 37.8. The smallest absolute Gasteiger partial charge is 0.335 e. The topological polar surface area (TPSA) is 46.2 Å². The number of hydrogen-bond donors (Lipinski definition) is 0. The van der Waals surface area contributed by atoms with Crippen molar-refractivity contribution < 1.29 is 22.4 Å². The predicted molar refractivity (Wildman–Crippen MR) is 116 cm³/mol. The van der Waals surface area contributed by atoms with Crippen LogP contribution in [0, 0.1) is 0 Å². The maximum atomic E-state index is 7.24. The van der Waals surface area contributed by atoms with Crippen LogP contribution in [-0.2, 0) is 22.4 Å². The molecular weight excluding hydrogens is 387 g/mol. The molecule has 4 atom stereocenters. The van der Waals surface area contributed by atoms with E-state index in [2.05, 4.69) is 55.4 Å². The van der Waals surface area contributed by atoms with Gasteiger partial charge in [0.05, 0.1) is 6.61 Å². The molecule has 0 aromatic rings. The Hall–Kier alpha value is 0.299. The number of hydrogen-bond acceptors (Lipinski definition) is 5. The Morgan fingerprint density at radius 2 is 1.46 bits per heavy atom. The Morgan fingerprint density at radius 3 is 1.93 bits per heavy atom. The van der Waals surface area contributed by atoms with Crippen molar-refractivity contribution >= 4 is 25.0 Å². The molecule has 3 heterocycles. The number of fused-ring (bicyclic) bond motifs is 2. The predicted octanol–water partition coefficient (Wildman–Crippen LogP) is 4.39. The molecule has 2 radical (unpaired) electrons. The van der Waals surface area contributed by atoms with E-state index in [0.717, 1.165) is 12.8 Å². The molecule has 0 aromatic carbocycles. The summed E-state index contributed by atoms with van der Waals surface area (Å²) in [5.41, 5.74) is 0.646. The second kappa shape index (κ2) is 8.09. The molecule has 3 fully saturated rings. The molecule has 3 aliphatic rings. The van der Waals surface area contributed by atoms with Gasteiger partial charge in [0.15, 0.2) is 0 Å². The molecule has 0 amide bonds. The van der Waals surface area contributed by atoms with E-state index in [1.807, 2.05) is 0 Å². The molecular formula is C20H39BO5Si2. The highest BCUT2D eigenvalue weighted by Gasteiger charge is 2.65. The summed E-state index contributed by atoms with van der Waals surface area (Å²) >= 11 is 0. The first-order valence-electron chi connectivity index (χ1n) is 11.1. The third-order valence-corrected chi connectivity index (χ3v) is 17.3. The molecule has 0 aliphatic carbocycles. The lowest BCUT2D eigenvalue weighted by Gasteiger charge is -2.52. The van der Waals surface area contributed by atoms with Crippen LogP contribution in [0.2, 0.25) is 22.2 Å². The lowest BCUT2D eigenvalue weighted by molar-refractivity contribution is -0.0820. The molecule has 0 bridgehead atoms. The van der Waals surface area contributed by atoms with Crippen molar-refractivity contribution in [3.05, 3.63) is 0 Å². The van der Waals surface area contributed by atoms with E-state index in [0.29, 0.717) is 24.3 Å². The van der Waals surface area contributed by atoms with Gasteiger partial charge in [-0.3, -0.25) is 0 Å². The van der Waals surface area contributed by atoms with Crippen molar-refractivity contribution in [2.45, 2.75) is 114 Å². The highest BCUT2D eigenvalue weighted by Crippen LogP contribution is 2.51. The third-order valence-electron chi connectivity index (χ3n) is 7.03. The van der Waals surface area contributed by atoms with Crippen molar-refractivity contribution in [2.24, 2.45) is 0 Å². The fourth-order valence-electron chi connectivity index (χ4n) is 5.41. The maximum absolute atomic E-state index is 7.24. The van der Waals surface area contributed by atoms with Crippen LogP contribution in [0.5, 0.6) is 0 Å². The van der Waals surface area contributed by atoms with Crippen LogP contribution in [0.4, 0.5) is 0 Å². The van der Waals surface area contributed by atoms with Gasteiger partial charge >= 0.3 is 17.1 Å². The first-order valence-corrected chi connectivity index (χ1v) is 15.0. The molecule has 160 valence electrons. The fourth-order valence-corrected chi connectivity index (χ4v) is 16.7. The Balaban J connectivity index is 2.09. The van der Waals surface area contributed by atoms with E-state index in [1.165, 1.54) is 0 Å². The van der Waals surface area contributed by atoms with Crippen LogP contribution in [0.25, 0.3) is 0 Å². The van der Waals surface area contributed by atoms with E-state index in [-0.39, 0.29) is 23.3 Å². The highest BCUT2D eigenvalue weighted by molar-refractivity contribution is 6.84. The van der Waals surface area contributed by atoms with Gasteiger partial charge in [-0.1, -0.05) is 55.4 Å². The van der Waals surface area contributed by atoms with Crippen molar-refractivity contribution in [1.29, 1.82) is 0 Å². The van der Waals surface area contributed by atoms with Gasteiger partial charge in [0.1, 0.15) is 25.7 Å². The SMILES string of the molecule is [B]C1OC2CO[Si](C(C)C)(C(C)C)O[Si](C(C)C)(C(C)C)O[C@H]2[C@@]12CCCO2. The van der Waals surface area contributed by atoms with Gasteiger partial charge in [0, 0.05) is 12.6 Å². The molecule has 3 saturated heterocycles. The minimum Gasteiger partial charge on any atom is -0.414 e. The van der Waals surface area contributed by atoms with Gasteiger partial charge in [-0.2, -0.15) is 0 Å². The minimum absolute atomic E-state index is 0.203. The lowest BCUT2D eigenvalue weighted by atomic mass is 9.78. The molecule has 0 N–H and O–H groups in total. The zero-order valence-corrected chi connectivity index (χ0v) is 21.0. The Labute approximate surface area is 175 Å². The van der Waals surface area contributed by atoms with Gasteiger partial charge in [0.2, 0.25) is 0 Å². The zero-order chi connectivity index (χ0) is 20.9. The van der Waals surface area contributed by atoms with Crippen LogP contribution in [-0.4, -0.2) is 62.0 Å². The summed E-state index contributed by atoms with van der Waals surface area (Å²) in [6.07, 6.45) is 1.42. The molecule has 5 nitrogen and oxygen atoms in total. The average molecular weight is 427 g/mol. The largest absolute Gasteiger partial charge is 0.414 e. The Kier molecular flexibility index (Phi) is 6.64. The van der Waals surface area contributed by atoms with Crippen LogP contribution in [0.3, 0.4) is 0 Å². The molecule has 1 spiro atoms. The molecule has 0 aromatic heterocycles. The van der Waals surface area contributed by atoms with Crippen molar-refractivity contribution in [2.75, 3.05) is 13.2 Å². The van der Waals surface area contributed by atoms with E-state index < -0.39 is 28.7 Å². The van der Waals surface area contributed by atoms with Crippen LogP contribution in [0.15, 0.2) is 0 Å². The average Bonchev–Trinajstić information content (AvgIpc) is 3.15. The molecule has 3 aliphatic heterocycles. The van der Waals surface area contributed by atoms with Gasteiger partial charge in [-0.05, 0) is 35.0 Å². The monoisotopic (exact) mass is 426 g/mol. The third kappa shape index (κ3) is 3.41. The van der Waals surface area contributed by atoms with E-state index in [4.69, 9.17) is 30.3 Å². The second-order valence-corrected chi connectivity index (χ2v) is 18.9. The molecule has 2 unspecified atom stereocenters. The lowest BCUT2D eigenvalue weighted by Crippen LogP contribution is -2.67. The van der Waals surface area contributed by atoms with Crippen LogP contribution >= 0.6 is 0 Å². The molecule has 0 saturated carbocycles. The van der Waals surface area contributed by atoms with Gasteiger partial charge in [0.25, 0.3) is 0 Å². The summed E-state index contributed by atoms with van der Waals surface area (Å²) < 4.78 is 33.6. The van der Waals surface area contributed by atoms with E-state index in [1.54, 1.807) is 0 Å². The van der Waals surface area contributed by atoms with Gasteiger partial charge in [-0.15, -0.1) is 0 Å². The van der Waals surface area contributed by atoms with Crippen molar-refractivity contribution in [1.82, 2.24) is 0 Å². The summed E-state index contributed by atoms with van der Waals surface area (Å²) in [5.74, 6) is 0. The maximum Gasteiger partial charge on any atom is 0.335 e. The second-order valence-electron chi connectivity index (χ2n) is 10.0. The quantitative estimate of drug-likeness (QED) is 0.624.